The summed E-state index contributed by atoms with van der Waals surface area (Å²) in [6.07, 6.45) is -0.692. The topological polar surface area (TPSA) is 137 Å². The Labute approximate surface area is 238 Å². The second-order valence-electron chi connectivity index (χ2n) is 11.8. The van der Waals surface area contributed by atoms with Crippen molar-refractivity contribution in [2.45, 2.75) is 107 Å². The average molecular weight is 566 g/mol. The summed E-state index contributed by atoms with van der Waals surface area (Å²) in [6.45, 7) is 18.0. The monoisotopic (exact) mass is 565 g/mol. The van der Waals surface area contributed by atoms with Crippen LogP contribution in [-0.4, -0.2) is 54.0 Å². The molecule has 226 valence electrons. The van der Waals surface area contributed by atoms with E-state index in [0.29, 0.717) is 18.4 Å². The van der Waals surface area contributed by atoms with Crippen molar-refractivity contribution in [1.82, 2.24) is 5.32 Å². The number of aliphatic carboxylic acids is 1. The number of carbonyl (C=O) groups excluding carboxylic acids is 3. The first-order valence-corrected chi connectivity index (χ1v) is 13.8. The summed E-state index contributed by atoms with van der Waals surface area (Å²) >= 11 is 0. The largest absolute Gasteiger partial charge is 0.508 e. The molecule has 2 unspecified atom stereocenters. The zero-order valence-corrected chi connectivity index (χ0v) is 25.6. The lowest BCUT2D eigenvalue weighted by atomic mass is 9.90. The minimum Gasteiger partial charge on any atom is -0.480 e. The smallest absolute Gasteiger partial charge is 0.480 e. The Morgan fingerprint density at radius 3 is 1.85 bits per heavy atom. The molecule has 0 aliphatic carbocycles. The summed E-state index contributed by atoms with van der Waals surface area (Å²) in [6, 6.07) is 3.58. The molecule has 0 aromatic heterocycles. The van der Waals surface area contributed by atoms with Crippen molar-refractivity contribution >= 4 is 24.1 Å². The number of rotatable bonds is 15. The number of carbonyl (C=O) groups is 4. The van der Waals surface area contributed by atoms with E-state index in [-0.39, 0.29) is 36.5 Å². The second-order valence-corrected chi connectivity index (χ2v) is 11.8. The van der Waals surface area contributed by atoms with Gasteiger partial charge in [-0.2, -0.15) is 0 Å². The van der Waals surface area contributed by atoms with Crippen LogP contribution in [-0.2, 0) is 30.3 Å². The Bertz CT molecular complexity index is 1030. The number of carboxylic acids is 1. The Balaban J connectivity index is 3.09. The van der Waals surface area contributed by atoms with Gasteiger partial charge in [-0.25, -0.2) is 4.79 Å². The zero-order chi connectivity index (χ0) is 30.8. The molecule has 0 spiro atoms. The van der Waals surface area contributed by atoms with Crippen molar-refractivity contribution in [2.75, 3.05) is 6.54 Å². The van der Waals surface area contributed by atoms with E-state index < -0.39 is 47.0 Å². The summed E-state index contributed by atoms with van der Waals surface area (Å²) in [5.41, 5.74) is -1.00. The van der Waals surface area contributed by atoms with Crippen molar-refractivity contribution in [2.24, 2.45) is 16.7 Å². The van der Waals surface area contributed by atoms with E-state index in [1.807, 2.05) is 27.7 Å². The molecule has 0 saturated carbocycles. The molecule has 10 nitrogen and oxygen atoms in total. The van der Waals surface area contributed by atoms with Crippen LogP contribution in [0.5, 0.6) is 11.5 Å². The maximum Gasteiger partial charge on any atom is 0.508 e. The molecular formula is C30H47NO9. The van der Waals surface area contributed by atoms with E-state index >= 15 is 0 Å². The van der Waals surface area contributed by atoms with E-state index in [0.717, 1.165) is 0 Å². The van der Waals surface area contributed by atoms with Gasteiger partial charge in [-0.05, 0) is 84.4 Å². The fourth-order valence-corrected chi connectivity index (χ4v) is 2.92. The van der Waals surface area contributed by atoms with Gasteiger partial charge < -0.3 is 29.4 Å². The number of carboxylic acid groups (broad SMARTS) is 1. The van der Waals surface area contributed by atoms with Gasteiger partial charge in [-0.3, -0.25) is 14.4 Å². The third-order valence-electron chi connectivity index (χ3n) is 7.19. The van der Waals surface area contributed by atoms with Gasteiger partial charge in [0, 0.05) is 6.54 Å². The Morgan fingerprint density at radius 2 is 1.38 bits per heavy atom. The molecule has 40 heavy (non-hydrogen) atoms. The number of nitrogens with one attached hydrogen (secondary N) is 1. The quantitative estimate of drug-likeness (QED) is 0.206. The molecule has 2 N–H and O–H groups in total. The van der Waals surface area contributed by atoms with E-state index in [1.165, 1.54) is 12.1 Å². The first kappa shape index (κ1) is 34.9. The van der Waals surface area contributed by atoms with Crippen LogP contribution in [0.4, 0.5) is 4.79 Å². The van der Waals surface area contributed by atoms with Gasteiger partial charge in [-0.1, -0.05) is 33.8 Å². The average Bonchev–Trinajstić information content (AvgIpc) is 2.87. The highest BCUT2D eigenvalue weighted by molar-refractivity contribution is 5.81. The van der Waals surface area contributed by atoms with Crippen LogP contribution in [0.2, 0.25) is 0 Å². The Kier molecular flexibility index (Phi) is 13.1. The molecule has 0 heterocycles. The second kappa shape index (κ2) is 15.0. The first-order chi connectivity index (χ1) is 18.4. The molecule has 0 bridgehead atoms. The van der Waals surface area contributed by atoms with Crippen LogP contribution < -0.4 is 14.8 Å². The molecule has 0 aliphatic rings. The molecule has 1 aromatic rings. The Hall–Kier alpha value is -3.14. The summed E-state index contributed by atoms with van der Waals surface area (Å²) in [5, 5.41) is 12.7. The molecule has 0 radical (unpaired) electrons. The van der Waals surface area contributed by atoms with E-state index in [1.54, 1.807) is 47.6 Å². The summed E-state index contributed by atoms with van der Waals surface area (Å²) in [5.74, 6) is -1.86. The molecule has 0 saturated heterocycles. The molecule has 10 heteroatoms. The highest BCUT2D eigenvalue weighted by Gasteiger charge is 2.32. The highest BCUT2D eigenvalue weighted by Crippen LogP contribution is 2.34. The summed E-state index contributed by atoms with van der Waals surface area (Å²) < 4.78 is 21.7. The van der Waals surface area contributed by atoms with Gasteiger partial charge >= 0.3 is 24.1 Å². The first-order valence-electron chi connectivity index (χ1n) is 13.8. The van der Waals surface area contributed by atoms with Crippen molar-refractivity contribution < 1.29 is 43.2 Å². The minimum atomic E-state index is -1.12. The molecule has 0 aliphatic heterocycles. The van der Waals surface area contributed by atoms with Crippen molar-refractivity contribution in [3.63, 3.8) is 0 Å². The summed E-state index contributed by atoms with van der Waals surface area (Å²) in [7, 11) is 0. The third kappa shape index (κ3) is 10.8. The number of hydrogen-bond donors (Lipinski definition) is 2. The van der Waals surface area contributed by atoms with Crippen molar-refractivity contribution in [3.05, 3.63) is 23.8 Å². The van der Waals surface area contributed by atoms with Gasteiger partial charge in [0.25, 0.3) is 0 Å². The zero-order valence-electron chi connectivity index (χ0n) is 25.6. The lowest BCUT2D eigenvalue weighted by Gasteiger charge is -2.24. The molecule has 0 fully saturated rings. The van der Waals surface area contributed by atoms with Gasteiger partial charge in [0.15, 0.2) is 11.5 Å². The fourth-order valence-electron chi connectivity index (χ4n) is 2.92. The number of ether oxygens (including phenoxy) is 4. The number of hydrogen-bond acceptors (Lipinski definition) is 9. The van der Waals surface area contributed by atoms with E-state index in [9.17, 15) is 24.3 Å². The standard InChI is InChI=1S/C30H47NO9/c1-11-29(7,8)26(34)39-23-14-13-21(16-24(23)40-27(35)30(9,10)12-2)15-22(25(32)33)31-17-19(5)37-28(36)38-20(6)18(3)4/h13-14,16,18-20,22,31H,11-12,15,17H2,1-10H3,(H,32,33)/t19?,20?,22-/m0/s1. The van der Waals surface area contributed by atoms with Crippen molar-refractivity contribution in [3.8, 4) is 11.5 Å². The van der Waals surface area contributed by atoms with E-state index in [4.69, 9.17) is 18.9 Å². The molecule has 1 aromatic carbocycles. The lowest BCUT2D eigenvalue weighted by molar-refractivity contribution is -0.147. The highest BCUT2D eigenvalue weighted by atomic mass is 16.7. The van der Waals surface area contributed by atoms with Crippen LogP contribution in [0.1, 0.15) is 87.6 Å². The normalized spacial score (nSPS) is 14.2. The van der Waals surface area contributed by atoms with Crippen molar-refractivity contribution in [1.29, 1.82) is 0 Å². The number of esters is 2. The maximum atomic E-state index is 12.8. The van der Waals surface area contributed by atoms with Gasteiger partial charge in [0.1, 0.15) is 18.2 Å². The van der Waals surface area contributed by atoms with Crippen LogP contribution >= 0.6 is 0 Å². The molecule has 0 amide bonds. The SMILES string of the molecule is CCC(C)(C)C(=O)Oc1ccc(C[C@H](NCC(C)OC(=O)OC(C)C(C)C)C(=O)O)cc1OC(=O)C(C)(C)CC. The van der Waals surface area contributed by atoms with Crippen LogP contribution in [0, 0.1) is 16.7 Å². The summed E-state index contributed by atoms with van der Waals surface area (Å²) in [4.78, 5) is 49.6. The van der Waals surface area contributed by atoms with Gasteiger partial charge in [0.2, 0.25) is 0 Å². The molecular weight excluding hydrogens is 518 g/mol. The Morgan fingerprint density at radius 1 is 0.850 bits per heavy atom. The predicted octanol–water partition coefficient (Wildman–Crippen LogP) is 5.54. The minimum absolute atomic E-state index is 0.0211. The lowest BCUT2D eigenvalue weighted by Crippen LogP contribution is -2.43. The molecule has 1 rings (SSSR count). The van der Waals surface area contributed by atoms with Gasteiger partial charge in [-0.15, -0.1) is 0 Å². The number of benzene rings is 1. The third-order valence-corrected chi connectivity index (χ3v) is 7.19. The predicted molar refractivity (Wildman–Crippen MR) is 150 cm³/mol. The molecule has 3 atom stereocenters. The maximum absolute atomic E-state index is 12.8. The van der Waals surface area contributed by atoms with Crippen LogP contribution in [0.3, 0.4) is 0 Å². The van der Waals surface area contributed by atoms with Crippen LogP contribution in [0.25, 0.3) is 0 Å². The van der Waals surface area contributed by atoms with Gasteiger partial charge in [0.05, 0.1) is 10.8 Å². The van der Waals surface area contributed by atoms with E-state index in [2.05, 4.69) is 5.32 Å². The van der Waals surface area contributed by atoms with Crippen LogP contribution in [0.15, 0.2) is 18.2 Å². The fraction of sp³-hybridized carbons (Fsp3) is 0.667.